The van der Waals surface area contributed by atoms with Crippen LogP contribution in [0.4, 0.5) is 5.69 Å². The summed E-state index contributed by atoms with van der Waals surface area (Å²) >= 11 is 1.88. The fourth-order valence-corrected chi connectivity index (χ4v) is 7.86. The first kappa shape index (κ1) is 23.8. The zero-order chi connectivity index (χ0) is 26.5. The minimum absolute atomic E-state index is 0.00383. The largest absolute Gasteiger partial charge is 0.461 e. The quantitative estimate of drug-likeness (QED) is 0.230. The fraction of sp³-hybridized carbons (Fsp3) is 0.353. The van der Waals surface area contributed by atoms with Crippen LogP contribution in [0.5, 0.6) is 0 Å². The molecule has 0 radical (unpaired) electrons. The molecule has 3 nitrogen and oxygen atoms in total. The standard InChI is InChI=1S/C34H35NO2S/c1-18-12-19(2)31-25(13-18)27-16-26(34(5,6)7)24-15-23-22-10-8-9-11-29(22)38-30(23)17-28(24)35(27)32(31)33-36-20(3)14-21(4)37-33/h8-13,15-17,20-21,27H,14H2,1-7H3. The number of aryl methyl sites for hydroxylation is 2. The van der Waals surface area contributed by atoms with Gasteiger partial charge >= 0.3 is 5.95 Å². The number of ether oxygens (including phenoxy) is 2. The highest BCUT2D eigenvalue weighted by Gasteiger charge is 2.44. The van der Waals surface area contributed by atoms with Gasteiger partial charge in [-0.25, -0.2) is 0 Å². The van der Waals surface area contributed by atoms with Gasteiger partial charge in [0.15, 0.2) is 0 Å². The Labute approximate surface area is 229 Å². The lowest BCUT2D eigenvalue weighted by atomic mass is 9.77. The third-order valence-electron chi connectivity index (χ3n) is 8.24. The molecule has 0 saturated carbocycles. The first-order chi connectivity index (χ1) is 18.1. The molecule has 1 fully saturated rings. The van der Waals surface area contributed by atoms with Crippen molar-refractivity contribution in [2.45, 2.75) is 73.1 Å². The van der Waals surface area contributed by atoms with E-state index >= 15 is 0 Å². The minimum atomic E-state index is -0.00383. The van der Waals surface area contributed by atoms with Crippen LogP contribution in [-0.2, 0) is 9.47 Å². The van der Waals surface area contributed by atoms with Crippen LogP contribution in [0.15, 0.2) is 60.6 Å². The SMILES string of the molecule is Cc1cc(C)c2c(c1)C1C=C(C(C)(C)C)c3cc4c(cc3N1C2=C1OC(C)CC(C)O1)sc1ccccc14. The molecule has 3 aliphatic rings. The second-order valence-corrected chi connectivity index (χ2v) is 13.5. The molecular formula is C34H35NO2S. The van der Waals surface area contributed by atoms with Gasteiger partial charge in [-0.1, -0.05) is 62.7 Å². The zero-order valence-electron chi connectivity index (χ0n) is 23.3. The molecule has 4 heterocycles. The summed E-state index contributed by atoms with van der Waals surface area (Å²) in [6, 6.07) is 18.4. The van der Waals surface area contributed by atoms with Crippen LogP contribution in [0.2, 0.25) is 0 Å². The van der Waals surface area contributed by atoms with E-state index in [2.05, 4.69) is 108 Å². The average molecular weight is 522 g/mol. The second kappa shape index (κ2) is 8.13. The van der Waals surface area contributed by atoms with E-state index in [9.17, 15) is 0 Å². The second-order valence-electron chi connectivity index (χ2n) is 12.4. The zero-order valence-corrected chi connectivity index (χ0v) is 24.1. The van der Waals surface area contributed by atoms with Crippen molar-refractivity contribution in [3.8, 4) is 0 Å². The van der Waals surface area contributed by atoms with Crippen molar-refractivity contribution in [3.63, 3.8) is 0 Å². The van der Waals surface area contributed by atoms with E-state index in [0.29, 0.717) is 5.95 Å². The number of rotatable bonds is 0. The molecule has 38 heavy (non-hydrogen) atoms. The third kappa shape index (κ3) is 3.46. The molecule has 3 aliphatic heterocycles. The number of nitrogens with zero attached hydrogens (tertiary/aromatic N) is 1. The maximum Gasteiger partial charge on any atom is 0.305 e. The Hall–Kier alpha value is -3.24. The topological polar surface area (TPSA) is 21.7 Å². The van der Waals surface area contributed by atoms with Crippen molar-refractivity contribution >= 4 is 48.5 Å². The van der Waals surface area contributed by atoms with Gasteiger partial charge in [0.1, 0.15) is 17.9 Å². The summed E-state index contributed by atoms with van der Waals surface area (Å²) in [6.07, 6.45) is 3.63. The van der Waals surface area contributed by atoms with E-state index in [-0.39, 0.29) is 23.7 Å². The summed E-state index contributed by atoms with van der Waals surface area (Å²) in [5.41, 5.74) is 10.2. The Balaban J connectivity index is 1.58. The Morgan fingerprint density at radius 1 is 0.895 bits per heavy atom. The molecule has 4 aromatic rings. The molecule has 7 rings (SSSR count). The van der Waals surface area contributed by atoms with Crippen molar-refractivity contribution in [1.82, 2.24) is 0 Å². The van der Waals surface area contributed by atoms with Gasteiger partial charge < -0.3 is 14.4 Å². The fourth-order valence-electron chi connectivity index (χ4n) is 6.74. The monoisotopic (exact) mass is 521 g/mol. The van der Waals surface area contributed by atoms with Crippen LogP contribution in [0.1, 0.15) is 74.9 Å². The smallest absolute Gasteiger partial charge is 0.305 e. The minimum Gasteiger partial charge on any atom is -0.461 e. The molecule has 0 spiro atoms. The number of allylic oxidation sites excluding steroid dienone is 1. The molecule has 4 heteroatoms. The number of thiophene rings is 1. The number of hydrogen-bond acceptors (Lipinski definition) is 4. The predicted octanol–water partition coefficient (Wildman–Crippen LogP) is 9.52. The Bertz CT molecular complexity index is 1690. The lowest BCUT2D eigenvalue weighted by Gasteiger charge is -2.39. The van der Waals surface area contributed by atoms with E-state index in [1.54, 1.807) is 0 Å². The van der Waals surface area contributed by atoms with E-state index in [4.69, 9.17) is 9.47 Å². The Kier molecular flexibility index (Phi) is 5.10. The maximum atomic E-state index is 6.47. The Morgan fingerprint density at radius 2 is 1.63 bits per heavy atom. The molecule has 0 amide bonds. The highest BCUT2D eigenvalue weighted by Crippen LogP contribution is 2.57. The van der Waals surface area contributed by atoms with Gasteiger partial charge in [0.25, 0.3) is 0 Å². The van der Waals surface area contributed by atoms with Crippen LogP contribution < -0.4 is 4.90 Å². The summed E-state index contributed by atoms with van der Waals surface area (Å²) in [7, 11) is 0. The van der Waals surface area contributed by atoms with Gasteiger partial charge in [0.05, 0.1) is 11.7 Å². The van der Waals surface area contributed by atoms with Crippen LogP contribution in [-0.4, -0.2) is 12.2 Å². The van der Waals surface area contributed by atoms with Gasteiger partial charge in [-0.15, -0.1) is 11.3 Å². The summed E-state index contributed by atoms with van der Waals surface area (Å²) < 4.78 is 15.6. The van der Waals surface area contributed by atoms with Crippen molar-refractivity contribution in [1.29, 1.82) is 0 Å². The van der Waals surface area contributed by atoms with Gasteiger partial charge in [-0.3, -0.25) is 0 Å². The Morgan fingerprint density at radius 3 is 2.37 bits per heavy atom. The van der Waals surface area contributed by atoms with E-state index in [0.717, 1.165) is 12.1 Å². The average Bonchev–Trinajstić information content (AvgIpc) is 3.36. The van der Waals surface area contributed by atoms with E-state index in [1.165, 1.54) is 59.3 Å². The summed E-state index contributed by atoms with van der Waals surface area (Å²) in [5, 5.41) is 2.67. The van der Waals surface area contributed by atoms with Crippen LogP contribution in [0.25, 0.3) is 31.4 Å². The molecule has 3 unspecified atom stereocenters. The molecular weight excluding hydrogens is 486 g/mol. The third-order valence-corrected chi connectivity index (χ3v) is 9.37. The van der Waals surface area contributed by atoms with Crippen LogP contribution in [0.3, 0.4) is 0 Å². The van der Waals surface area contributed by atoms with Gasteiger partial charge in [-0.2, -0.15) is 0 Å². The highest BCUT2D eigenvalue weighted by molar-refractivity contribution is 7.25. The first-order valence-electron chi connectivity index (χ1n) is 13.8. The lowest BCUT2D eigenvalue weighted by molar-refractivity contribution is -0.0904. The summed E-state index contributed by atoms with van der Waals surface area (Å²) in [4.78, 5) is 2.51. The number of hydrogen-bond donors (Lipinski definition) is 0. The molecule has 1 aromatic heterocycles. The molecule has 3 atom stereocenters. The number of benzene rings is 3. The lowest BCUT2D eigenvalue weighted by Crippen LogP contribution is -2.31. The predicted molar refractivity (Wildman–Crippen MR) is 161 cm³/mol. The molecule has 194 valence electrons. The van der Waals surface area contributed by atoms with Crippen molar-refractivity contribution < 1.29 is 9.47 Å². The van der Waals surface area contributed by atoms with Gasteiger partial charge in [0, 0.05) is 37.7 Å². The van der Waals surface area contributed by atoms with Gasteiger partial charge in [0.2, 0.25) is 0 Å². The molecule has 0 N–H and O–H groups in total. The van der Waals surface area contributed by atoms with Crippen molar-refractivity contribution in [3.05, 3.63) is 88.4 Å². The normalized spacial score (nSPS) is 22.7. The summed E-state index contributed by atoms with van der Waals surface area (Å²) in [6.45, 7) is 15.7. The molecule has 0 bridgehead atoms. The molecule has 1 saturated heterocycles. The highest BCUT2D eigenvalue weighted by atomic mass is 32.1. The van der Waals surface area contributed by atoms with Gasteiger partial charge in [-0.05, 0) is 68.0 Å². The molecule has 3 aromatic carbocycles. The van der Waals surface area contributed by atoms with Crippen molar-refractivity contribution in [2.24, 2.45) is 5.41 Å². The van der Waals surface area contributed by atoms with Crippen molar-refractivity contribution in [2.75, 3.05) is 4.90 Å². The van der Waals surface area contributed by atoms with Crippen LogP contribution in [0, 0.1) is 19.3 Å². The summed E-state index contributed by atoms with van der Waals surface area (Å²) in [5.74, 6) is 0.668. The number of anilines is 1. The maximum absolute atomic E-state index is 6.47. The van der Waals surface area contributed by atoms with Crippen LogP contribution >= 0.6 is 11.3 Å². The van der Waals surface area contributed by atoms with E-state index < -0.39 is 0 Å². The first-order valence-corrected chi connectivity index (χ1v) is 14.6. The number of fused-ring (bicyclic) bond motifs is 8. The van der Waals surface area contributed by atoms with E-state index in [1.807, 2.05) is 11.3 Å². The molecule has 0 aliphatic carbocycles.